The minimum atomic E-state index is 0.273. The van der Waals surface area contributed by atoms with Crippen molar-refractivity contribution in [3.8, 4) is 0 Å². The zero-order valence-corrected chi connectivity index (χ0v) is 10.0. The molecule has 2 rings (SSSR count). The van der Waals surface area contributed by atoms with Crippen LogP contribution in [0.15, 0.2) is 24.5 Å². The van der Waals surface area contributed by atoms with Crippen molar-refractivity contribution in [2.24, 2.45) is 5.73 Å². The summed E-state index contributed by atoms with van der Waals surface area (Å²) >= 11 is 0. The average Bonchev–Trinajstić information content (AvgIpc) is 2.34. The van der Waals surface area contributed by atoms with Gasteiger partial charge in [-0.1, -0.05) is 6.07 Å². The van der Waals surface area contributed by atoms with Gasteiger partial charge in [-0.2, -0.15) is 0 Å². The molecule has 1 saturated heterocycles. The molecule has 0 aromatic carbocycles. The smallest absolute Gasteiger partial charge is 0.0305 e. The van der Waals surface area contributed by atoms with Crippen LogP contribution in [0.3, 0.4) is 0 Å². The zero-order valence-electron chi connectivity index (χ0n) is 10.0. The fourth-order valence-corrected chi connectivity index (χ4v) is 2.68. The summed E-state index contributed by atoms with van der Waals surface area (Å²) in [5.41, 5.74) is 7.42. The van der Waals surface area contributed by atoms with Crippen LogP contribution in [-0.2, 0) is 5.41 Å². The van der Waals surface area contributed by atoms with Crippen LogP contribution in [0, 0.1) is 0 Å². The van der Waals surface area contributed by atoms with E-state index >= 15 is 0 Å². The number of likely N-dealkylation sites (tertiary alicyclic amines) is 1. The fraction of sp³-hybridized carbons (Fsp3) is 0.615. The second-order valence-electron chi connectivity index (χ2n) is 4.86. The molecule has 0 spiro atoms. The lowest BCUT2D eigenvalue weighted by atomic mass is 9.71. The maximum atomic E-state index is 5.78. The van der Waals surface area contributed by atoms with E-state index in [2.05, 4.69) is 23.0 Å². The van der Waals surface area contributed by atoms with Crippen molar-refractivity contribution < 1.29 is 0 Å². The average molecular weight is 219 g/mol. The van der Waals surface area contributed by atoms with Gasteiger partial charge in [-0.25, -0.2) is 0 Å². The Morgan fingerprint density at radius 3 is 2.75 bits per heavy atom. The molecule has 16 heavy (non-hydrogen) atoms. The van der Waals surface area contributed by atoms with Gasteiger partial charge >= 0.3 is 0 Å². The first kappa shape index (κ1) is 11.6. The molecule has 1 aliphatic heterocycles. The first-order chi connectivity index (χ1) is 7.77. The van der Waals surface area contributed by atoms with E-state index in [-0.39, 0.29) is 5.41 Å². The third kappa shape index (κ3) is 2.25. The maximum absolute atomic E-state index is 5.78. The number of pyridine rings is 1. The molecule has 1 aromatic heterocycles. The number of aromatic nitrogens is 1. The summed E-state index contributed by atoms with van der Waals surface area (Å²) < 4.78 is 0. The molecule has 1 aromatic rings. The van der Waals surface area contributed by atoms with Gasteiger partial charge in [-0.3, -0.25) is 4.98 Å². The molecule has 0 atom stereocenters. The van der Waals surface area contributed by atoms with E-state index in [9.17, 15) is 0 Å². The molecule has 88 valence electrons. The predicted octanol–water partition coefficient (Wildman–Crippen LogP) is 1.39. The molecule has 1 aliphatic rings. The van der Waals surface area contributed by atoms with Crippen LogP contribution in [0.25, 0.3) is 0 Å². The van der Waals surface area contributed by atoms with Crippen molar-refractivity contribution in [1.29, 1.82) is 0 Å². The second kappa shape index (κ2) is 4.93. The number of hydrogen-bond acceptors (Lipinski definition) is 3. The molecule has 0 bridgehead atoms. The van der Waals surface area contributed by atoms with Crippen molar-refractivity contribution in [1.82, 2.24) is 9.88 Å². The third-order valence-corrected chi connectivity index (χ3v) is 3.84. The number of rotatable bonds is 3. The van der Waals surface area contributed by atoms with E-state index in [1.807, 2.05) is 18.5 Å². The molecule has 0 unspecified atom stereocenters. The van der Waals surface area contributed by atoms with Gasteiger partial charge in [0.25, 0.3) is 0 Å². The Bertz CT molecular complexity index is 315. The SMILES string of the molecule is CN1CCC(CCN)(c2cccnc2)CC1. The first-order valence-corrected chi connectivity index (χ1v) is 6.06. The van der Waals surface area contributed by atoms with Crippen LogP contribution in [-0.4, -0.2) is 36.6 Å². The molecule has 3 heteroatoms. The quantitative estimate of drug-likeness (QED) is 0.835. The lowest BCUT2D eigenvalue weighted by Gasteiger charge is -2.41. The molecule has 3 nitrogen and oxygen atoms in total. The maximum Gasteiger partial charge on any atom is 0.0305 e. The summed E-state index contributed by atoms with van der Waals surface area (Å²) in [4.78, 5) is 6.65. The molecular weight excluding hydrogens is 198 g/mol. The second-order valence-corrected chi connectivity index (χ2v) is 4.86. The highest BCUT2D eigenvalue weighted by Crippen LogP contribution is 2.37. The molecule has 0 aliphatic carbocycles. The van der Waals surface area contributed by atoms with Gasteiger partial charge < -0.3 is 10.6 Å². The van der Waals surface area contributed by atoms with Gasteiger partial charge in [0.2, 0.25) is 0 Å². The highest BCUT2D eigenvalue weighted by molar-refractivity contribution is 5.23. The Balaban J connectivity index is 2.22. The van der Waals surface area contributed by atoms with E-state index in [1.165, 1.54) is 18.4 Å². The third-order valence-electron chi connectivity index (χ3n) is 3.84. The molecule has 2 heterocycles. The predicted molar refractivity (Wildman–Crippen MR) is 66.3 cm³/mol. The summed E-state index contributed by atoms with van der Waals surface area (Å²) in [5, 5.41) is 0. The Labute approximate surface area is 97.7 Å². The van der Waals surface area contributed by atoms with Gasteiger partial charge in [0.1, 0.15) is 0 Å². The van der Waals surface area contributed by atoms with E-state index in [0.717, 1.165) is 26.1 Å². The zero-order chi connectivity index (χ0) is 11.4. The van der Waals surface area contributed by atoms with Crippen LogP contribution in [0.5, 0.6) is 0 Å². The summed E-state index contributed by atoms with van der Waals surface area (Å²) in [6.07, 6.45) is 7.33. The van der Waals surface area contributed by atoms with Gasteiger partial charge in [-0.05, 0) is 57.6 Å². The summed E-state index contributed by atoms with van der Waals surface area (Å²) in [6.45, 7) is 3.09. The number of piperidine rings is 1. The van der Waals surface area contributed by atoms with Gasteiger partial charge in [0.15, 0.2) is 0 Å². The van der Waals surface area contributed by atoms with Gasteiger partial charge in [0.05, 0.1) is 0 Å². The highest BCUT2D eigenvalue weighted by atomic mass is 15.1. The lowest BCUT2D eigenvalue weighted by Crippen LogP contribution is -2.42. The van der Waals surface area contributed by atoms with Crippen molar-refractivity contribution in [3.63, 3.8) is 0 Å². The lowest BCUT2D eigenvalue weighted by molar-refractivity contribution is 0.180. The molecule has 2 N–H and O–H groups in total. The summed E-state index contributed by atoms with van der Waals surface area (Å²) in [6, 6.07) is 4.24. The van der Waals surface area contributed by atoms with Crippen LogP contribution in [0.4, 0.5) is 0 Å². The number of hydrogen-bond donors (Lipinski definition) is 1. The molecular formula is C13H21N3. The van der Waals surface area contributed by atoms with Crippen molar-refractivity contribution in [2.75, 3.05) is 26.7 Å². The normalized spacial score (nSPS) is 20.9. The van der Waals surface area contributed by atoms with E-state index in [0.29, 0.717) is 0 Å². The summed E-state index contributed by atoms with van der Waals surface area (Å²) in [7, 11) is 2.19. The number of nitrogens with two attached hydrogens (primary N) is 1. The van der Waals surface area contributed by atoms with E-state index < -0.39 is 0 Å². The molecule has 0 amide bonds. The summed E-state index contributed by atoms with van der Waals surface area (Å²) in [5.74, 6) is 0. The Kier molecular flexibility index (Phi) is 3.56. The minimum absolute atomic E-state index is 0.273. The van der Waals surface area contributed by atoms with Crippen LogP contribution in [0.2, 0.25) is 0 Å². The van der Waals surface area contributed by atoms with Crippen molar-refractivity contribution in [2.45, 2.75) is 24.7 Å². The fourth-order valence-electron chi connectivity index (χ4n) is 2.68. The van der Waals surface area contributed by atoms with Crippen molar-refractivity contribution in [3.05, 3.63) is 30.1 Å². The van der Waals surface area contributed by atoms with Gasteiger partial charge in [0, 0.05) is 17.8 Å². The van der Waals surface area contributed by atoms with Crippen molar-refractivity contribution >= 4 is 0 Å². The standard InChI is InChI=1S/C13H21N3/c1-16-9-5-13(4-7-14,6-10-16)12-3-2-8-15-11-12/h2-3,8,11H,4-7,9-10,14H2,1H3. The monoisotopic (exact) mass is 219 g/mol. The Morgan fingerprint density at radius 2 is 2.19 bits per heavy atom. The van der Waals surface area contributed by atoms with Crippen LogP contribution < -0.4 is 5.73 Å². The Morgan fingerprint density at radius 1 is 1.44 bits per heavy atom. The van der Waals surface area contributed by atoms with Crippen LogP contribution >= 0.6 is 0 Å². The minimum Gasteiger partial charge on any atom is -0.330 e. The molecule has 1 fully saturated rings. The van der Waals surface area contributed by atoms with E-state index in [4.69, 9.17) is 5.73 Å². The number of nitrogens with zero attached hydrogens (tertiary/aromatic N) is 2. The molecule has 0 saturated carbocycles. The van der Waals surface area contributed by atoms with E-state index in [1.54, 1.807) is 0 Å². The van der Waals surface area contributed by atoms with Crippen LogP contribution in [0.1, 0.15) is 24.8 Å². The molecule has 0 radical (unpaired) electrons. The topological polar surface area (TPSA) is 42.1 Å². The highest BCUT2D eigenvalue weighted by Gasteiger charge is 2.34. The Hall–Kier alpha value is -0.930. The van der Waals surface area contributed by atoms with Gasteiger partial charge in [-0.15, -0.1) is 0 Å². The largest absolute Gasteiger partial charge is 0.330 e. The first-order valence-electron chi connectivity index (χ1n) is 6.06.